The van der Waals surface area contributed by atoms with Crippen LogP contribution in [0.4, 0.5) is 0 Å². The van der Waals surface area contributed by atoms with Crippen LogP contribution in [0.1, 0.15) is 13.8 Å². The molecule has 1 amide bonds. The summed E-state index contributed by atoms with van der Waals surface area (Å²) in [4.78, 5) is 14.1. The van der Waals surface area contributed by atoms with E-state index < -0.39 is 5.41 Å². The van der Waals surface area contributed by atoms with Crippen molar-refractivity contribution in [1.82, 2.24) is 10.2 Å². The van der Waals surface area contributed by atoms with Crippen molar-refractivity contribution >= 4 is 23.1 Å². The van der Waals surface area contributed by atoms with Gasteiger partial charge in [-0.05, 0) is 20.9 Å². The van der Waals surface area contributed by atoms with E-state index in [-0.39, 0.29) is 10.9 Å². The van der Waals surface area contributed by atoms with Gasteiger partial charge < -0.3 is 20.7 Å². The second-order valence-electron chi connectivity index (χ2n) is 4.54. The van der Waals surface area contributed by atoms with Gasteiger partial charge in [-0.15, -0.1) is 0 Å². The molecule has 0 radical (unpaired) electrons. The van der Waals surface area contributed by atoms with E-state index in [1.165, 1.54) is 0 Å². The highest BCUT2D eigenvalue weighted by molar-refractivity contribution is 7.80. The highest BCUT2D eigenvalue weighted by Gasteiger charge is 2.30. The Labute approximate surface area is 109 Å². The Kier molecular flexibility index (Phi) is 7.26. The SMILES string of the molecule is COCCN(C)CCNC(=O)C(C)(C)C(N)=S. The van der Waals surface area contributed by atoms with Gasteiger partial charge in [0.2, 0.25) is 5.91 Å². The summed E-state index contributed by atoms with van der Waals surface area (Å²) in [6, 6.07) is 0. The van der Waals surface area contributed by atoms with E-state index in [2.05, 4.69) is 10.2 Å². The van der Waals surface area contributed by atoms with Crippen molar-refractivity contribution in [2.45, 2.75) is 13.8 Å². The minimum absolute atomic E-state index is 0.134. The third kappa shape index (κ3) is 5.95. The van der Waals surface area contributed by atoms with Crippen LogP contribution in [0.2, 0.25) is 0 Å². The molecular weight excluding hydrogens is 238 g/mol. The van der Waals surface area contributed by atoms with Crippen LogP contribution in [-0.2, 0) is 9.53 Å². The van der Waals surface area contributed by atoms with Crippen molar-refractivity contribution in [1.29, 1.82) is 0 Å². The van der Waals surface area contributed by atoms with Crippen LogP contribution < -0.4 is 11.1 Å². The summed E-state index contributed by atoms with van der Waals surface area (Å²) in [6.45, 7) is 6.31. The summed E-state index contributed by atoms with van der Waals surface area (Å²) in [5.74, 6) is -0.134. The zero-order valence-corrected chi connectivity index (χ0v) is 11.9. The first-order chi connectivity index (χ1) is 7.82. The number of nitrogens with one attached hydrogen (secondary N) is 1. The number of likely N-dealkylation sites (N-methyl/N-ethyl adjacent to an activating group) is 1. The van der Waals surface area contributed by atoms with E-state index in [0.717, 1.165) is 13.1 Å². The van der Waals surface area contributed by atoms with Crippen molar-refractivity contribution in [3.8, 4) is 0 Å². The van der Waals surface area contributed by atoms with E-state index in [4.69, 9.17) is 22.7 Å². The minimum Gasteiger partial charge on any atom is -0.392 e. The molecule has 0 saturated carbocycles. The van der Waals surface area contributed by atoms with Crippen LogP contribution in [-0.4, -0.2) is 56.2 Å². The van der Waals surface area contributed by atoms with Crippen LogP contribution >= 0.6 is 12.2 Å². The summed E-state index contributed by atoms with van der Waals surface area (Å²) < 4.78 is 4.96. The number of rotatable bonds is 8. The Balaban J connectivity index is 3.89. The fourth-order valence-corrected chi connectivity index (χ4v) is 1.14. The number of thiocarbonyl (C=S) groups is 1. The maximum atomic E-state index is 11.8. The molecule has 0 bridgehead atoms. The van der Waals surface area contributed by atoms with E-state index in [9.17, 15) is 4.79 Å². The van der Waals surface area contributed by atoms with Crippen molar-refractivity contribution < 1.29 is 9.53 Å². The number of hydrogen-bond donors (Lipinski definition) is 2. The molecule has 0 aromatic rings. The smallest absolute Gasteiger partial charge is 0.232 e. The largest absolute Gasteiger partial charge is 0.392 e. The molecule has 0 saturated heterocycles. The molecule has 0 rings (SSSR count). The van der Waals surface area contributed by atoms with Gasteiger partial charge in [-0.2, -0.15) is 0 Å². The summed E-state index contributed by atoms with van der Waals surface area (Å²) in [6.07, 6.45) is 0. The molecule has 3 N–H and O–H groups in total. The number of carbonyl (C=O) groups excluding carboxylic acids is 1. The first-order valence-electron chi connectivity index (χ1n) is 5.58. The normalized spacial score (nSPS) is 11.6. The lowest BCUT2D eigenvalue weighted by atomic mass is 9.92. The Bertz CT molecular complexity index is 269. The number of nitrogens with zero attached hydrogens (tertiary/aromatic N) is 1. The summed E-state index contributed by atoms with van der Waals surface area (Å²) in [7, 11) is 3.64. The monoisotopic (exact) mass is 261 g/mol. The minimum atomic E-state index is -0.791. The molecular formula is C11H23N3O2S. The van der Waals surface area contributed by atoms with Crippen LogP contribution in [0.3, 0.4) is 0 Å². The highest BCUT2D eigenvalue weighted by Crippen LogP contribution is 2.14. The Morgan fingerprint density at radius 1 is 1.47 bits per heavy atom. The van der Waals surface area contributed by atoms with E-state index in [1.807, 2.05) is 7.05 Å². The van der Waals surface area contributed by atoms with Gasteiger partial charge in [-0.3, -0.25) is 4.79 Å². The number of ether oxygens (including phenoxy) is 1. The van der Waals surface area contributed by atoms with Gasteiger partial charge in [-0.1, -0.05) is 12.2 Å². The predicted molar refractivity (Wildman–Crippen MR) is 72.9 cm³/mol. The number of amides is 1. The molecule has 17 heavy (non-hydrogen) atoms. The first-order valence-corrected chi connectivity index (χ1v) is 5.99. The molecule has 0 aliphatic heterocycles. The fraction of sp³-hybridized carbons (Fsp3) is 0.818. The van der Waals surface area contributed by atoms with E-state index in [0.29, 0.717) is 13.2 Å². The molecule has 0 aliphatic carbocycles. The van der Waals surface area contributed by atoms with Crippen LogP contribution in [0.15, 0.2) is 0 Å². The van der Waals surface area contributed by atoms with Crippen molar-refractivity contribution in [3.63, 3.8) is 0 Å². The third-order valence-electron chi connectivity index (χ3n) is 2.64. The average Bonchev–Trinajstić information content (AvgIpc) is 2.25. The summed E-state index contributed by atoms with van der Waals surface area (Å²) >= 11 is 4.86. The van der Waals surface area contributed by atoms with Gasteiger partial charge in [0.1, 0.15) is 0 Å². The molecule has 5 nitrogen and oxygen atoms in total. The third-order valence-corrected chi connectivity index (χ3v) is 3.15. The number of hydrogen-bond acceptors (Lipinski definition) is 4. The maximum absolute atomic E-state index is 11.8. The van der Waals surface area contributed by atoms with Gasteiger partial charge in [0.15, 0.2) is 0 Å². The molecule has 0 aliphatic rings. The summed E-state index contributed by atoms with van der Waals surface area (Å²) in [5, 5.41) is 2.82. The van der Waals surface area contributed by atoms with Crippen LogP contribution in [0.25, 0.3) is 0 Å². The highest BCUT2D eigenvalue weighted by atomic mass is 32.1. The van der Waals surface area contributed by atoms with Crippen molar-refractivity contribution in [2.24, 2.45) is 11.1 Å². The van der Waals surface area contributed by atoms with Crippen LogP contribution in [0, 0.1) is 5.41 Å². The average molecular weight is 261 g/mol. The first kappa shape index (κ1) is 16.3. The van der Waals surface area contributed by atoms with Crippen molar-refractivity contribution in [2.75, 3.05) is 40.4 Å². The number of methoxy groups -OCH3 is 1. The molecule has 0 aromatic heterocycles. The maximum Gasteiger partial charge on any atom is 0.232 e. The molecule has 6 heteroatoms. The Morgan fingerprint density at radius 3 is 2.53 bits per heavy atom. The number of nitrogens with two attached hydrogens (primary N) is 1. The second-order valence-corrected chi connectivity index (χ2v) is 4.98. The molecule has 0 fully saturated rings. The fourth-order valence-electron chi connectivity index (χ4n) is 1.05. The van der Waals surface area contributed by atoms with Gasteiger partial charge in [-0.25, -0.2) is 0 Å². The lowest BCUT2D eigenvalue weighted by Crippen LogP contribution is -2.46. The van der Waals surface area contributed by atoms with E-state index in [1.54, 1.807) is 21.0 Å². The lowest BCUT2D eigenvalue weighted by Gasteiger charge is -2.23. The van der Waals surface area contributed by atoms with Gasteiger partial charge in [0, 0.05) is 26.7 Å². The Hall–Kier alpha value is -0.720. The quantitative estimate of drug-likeness (QED) is 0.602. The molecule has 100 valence electrons. The lowest BCUT2D eigenvalue weighted by molar-refractivity contribution is -0.126. The van der Waals surface area contributed by atoms with Crippen molar-refractivity contribution in [3.05, 3.63) is 0 Å². The Morgan fingerprint density at radius 2 is 2.06 bits per heavy atom. The van der Waals surface area contributed by atoms with Crippen LogP contribution in [0.5, 0.6) is 0 Å². The number of carbonyl (C=O) groups is 1. The molecule has 0 atom stereocenters. The van der Waals surface area contributed by atoms with Gasteiger partial charge in [0.25, 0.3) is 0 Å². The van der Waals surface area contributed by atoms with Gasteiger partial charge >= 0.3 is 0 Å². The summed E-state index contributed by atoms with van der Waals surface area (Å²) in [5.41, 5.74) is 4.72. The topological polar surface area (TPSA) is 67.6 Å². The molecule has 0 unspecified atom stereocenters. The standard InChI is InChI=1S/C11H23N3O2S/c1-11(2,9(12)17)10(15)13-5-6-14(3)7-8-16-4/h5-8H2,1-4H3,(H2,12,17)(H,13,15). The predicted octanol–water partition coefficient (Wildman–Crippen LogP) is -0.00690. The van der Waals surface area contributed by atoms with Gasteiger partial charge in [0.05, 0.1) is 17.0 Å². The molecule has 0 spiro atoms. The molecule has 0 heterocycles. The molecule has 0 aromatic carbocycles. The zero-order valence-electron chi connectivity index (χ0n) is 11.1. The zero-order chi connectivity index (χ0) is 13.5. The second kappa shape index (κ2) is 7.58. The van der Waals surface area contributed by atoms with E-state index >= 15 is 0 Å².